The Hall–Kier alpha value is -0.585. The van der Waals surface area contributed by atoms with Crippen LogP contribution >= 0.6 is 0 Å². The molecule has 0 aromatic heterocycles. The maximum Gasteiger partial charge on any atom is 0.334 e. The van der Waals surface area contributed by atoms with Gasteiger partial charge in [-0.2, -0.15) is 5.48 Å². The molecule has 0 heterocycles. The summed E-state index contributed by atoms with van der Waals surface area (Å²) in [6.45, 7) is 2.35. The van der Waals surface area contributed by atoms with E-state index in [1.54, 1.807) is 7.85 Å². The zero-order valence-electron chi connectivity index (χ0n) is 7.99. The van der Waals surface area contributed by atoms with E-state index in [2.05, 4.69) is 5.48 Å². The molecular formula is C7H16BNO4. The number of rotatable bonds is 7. The van der Waals surface area contributed by atoms with E-state index in [-0.39, 0.29) is 0 Å². The molecule has 0 rings (SSSR count). The van der Waals surface area contributed by atoms with E-state index in [1.807, 2.05) is 6.92 Å². The molecule has 13 heavy (non-hydrogen) atoms. The minimum absolute atomic E-state index is 0.437. The van der Waals surface area contributed by atoms with Gasteiger partial charge in [0.25, 0.3) is 0 Å². The lowest BCUT2D eigenvalue weighted by atomic mass is 10.1. The van der Waals surface area contributed by atoms with Crippen LogP contribution in [0.5, 0.6) is 0 Å². The van der Waals surface area contributed by atoms with Gasteiger partial charge < -0.3 is 15.1 Å². The van der Waals surface area contributed by atoms with Gasteiger partial charge in [0.2, 0.25) is 0 Å². The summed E-state index contributed by atoms with van der Waals surface area (Å²) in [7, 11) is 1.78. The van der Waals surface area contributed by atoms with Crippen LogP contribution in [0.25, 0.3) is 0 Å². The molecule has 0 bridgehead atoms. The molecule has 6 heteroatoms. The molecule has 0 saturated carbocycles. The molecule has 0 fully saturated rings. The van der Waals surface area contributed by atoms with Gasteiger partial charge in [0, 0.05) is 6.51 Å². The molecular weight excluding hydrogens is 173 g/mol. The number of aliphatic hydroxyl groups excluding tert-OH is 1. The summed E-state index contributed by atoms with van der Waals surface area (Å²) in [5, 5.41) is 17.7. The molecule has 0 aliphatic carbocycles. The number of aliphatic carboxylic acids is 1. The molecule has 0 spiro atoms. The maximum atomic E-state index is 10.4. The molecule has 5 nitrogen and oxygen atoms in total. The minimum atomic E-state index is -1.41. The van der Waals surface area contributed by atoms with Gasteiger partial charge in [-0.1, -0.05) is 13.3 Å². The average molecular weight is 189 g/mol. The van der Waals surface area contributed by atoms with Gasteiger partial charge in [-0.15, -0.1) is 0 Å². The Morgan fingerprint density at radius 2 is 2.31 bits per heavy atom. The molecule has 0 aliphatic rings. The lowest BCUT2D eigenvalue weighted by Gasteiger charge is -2.19. The Kier molecular flexibility index (Phi) is 6.57. The first kappa shape index (κ1) is 12.4. The van der Waals surface area contributed by atoms with Crippen LogP contribution < -0.4 is 5.48 Å². The largest absolute Gasteiger partial charge is 0.479 e. The van der Waals surface area contributed by atoms with Crippen molar-refractivity contribution in [3.05, 3.63) is 0 Å². The summed E-state index contributed by atoms with van der Waals surface area (Å²) in [5.41, 5.74) is 2.52. The highest BCUT2D eigenvalue weighted by atomic mass is 16.6. The summed E-state index contributed by atoms with van der Waals surface area (Å²) in [6, 6.07) is -0.539. The van der Waals surface area contributed by atoms with E-state index in [1.165, 1.54) is 0 Å². The van der Waals surface area contributed by atoms with E-state index in [0.29, 0.717) is 12.9 Å². The fourth-order valence-corrected chi connectivity index (χ4v) is 0.955. The van der Waals surface area contributed by atoms with E-state index in [0.717, 1.165) is 6.42 Å². The van der Waals surface area contributed by atoms with Crippen molar-refractivity contribution in [3.63, 3.8) is 0 Å². The number of hydrogen-bond donors (Lipinski definition) is 3. The maximum absolute atomic E-state index is 10.4. The van der Waals surface area contributed by atoms with E-state index < -0.39 is 18.1 Å². The molecule has 2 unspecified atom stereocenters. The van der Waals surface area contributed by atoms with E-state index >= 15 is 0 Å². The lowest BCUT2D eigenvalue weighted by Crippen LogP contribution is -2.44. The highest BCUT2D eigenvalue weighted by molar-refractivity contribution is 6.08. The second-order valence-electron chi connectivity index (χ2n) is 2.73. The zero-order valence-corrected chi connectivity index (χ0v) is 7.99. The highest BCUT2D eigenvalue weighted by Crippen LogP contribution is 2.02. The van der Waals surface area contributed by atoms with Crippen LogP contribution in [-0.2, 0) is 9.63 Å². The summed E-state index contributed by atoms with van der Waals surface area (Å²) in [6.07, 6.45) is -0.0609. The van der Waals surface area contributed by atoms with Crippen molar-refractivity contribution in [3.8, 4) is 0 Å². The Morgan fingerprint density at radius 3 is 2.69 bits per heavy atom. The van der Waals surface area contributed by atoms with Gasteiger partial charge in [-0.05, 0) is 6.42 Å². The van der Waals surface area contributed by atoms with Crippen molar-refractivity contribution in [2.24, 2.45) is 0 Å². The van der Waals surface area contributed by atoms with E-state index in [4.69, 9.17) is 9.94 Å². The standard InChI is InChI=1S/C7H16BNO4/c1-2-3-5(9-13-4-8)6(10)7(11)12/h5-6,9-10H,2-4,8H2,1H3,(H,11,12). The van der Waals surface area contributed by atoms with Gasteiger partial charge >= 0.3 is 5.97 Å². The number of hydrogen-bond acceptors (Lipinski definition) is 4. The van der Waals surface area contributed by atoms with E-state index in [9.17, 15) is 9.90 Å². The number of carboxylic acid groups (broad SMARTS) is 1. The van der Waals surface area contributed by atoms with Gasteiger partial charge in [-0.3, -0.25) is 0 Å². The van der Waals surface area contributed by atoms with Gasteiger partial charge in [-0.25, -0.2) is 4.79 Å². The molecule has 0 aromatic rings. The van der Waals surface area contributed by atoms with Gasteiger partial charge in [0.15, 0.2) is 6.10 Å². The predicted octanol–water partition coefficient (Wildman–Crippen LogP) is -1.29. The summed E-state index contributed by atoms with van der Waals surface area (Å²) in [5.74, 6) is -1.23. The zero-order chi connectivity index (χ0) is 10.3. The third-order valence-corrected chi connectivity index (χ3v) is 1.61. The average Bonchev–Trinajstić information content (AvgIpc) is 2.11. The summed E-state index contributed by atoms with van der Waals surface area (Å²) in [4.78, 5) is 15.3. The Labute approximate surface area is 78.4 Å². The number of aliphatic hydroxyl groups is 1. The lowest BCUT2D eigenvalue weighted by molar-refractivity contribution is -0.150. The Balaban J connectivity index is 3.98. The number of hydroxylamine groups is 1. The van der Waals surface area contributed by atoms with Crippen molar-refractivity contribution in [1.29, 1.82) is 0 Å². The quantitative estimate of drug-likeness (QED) is 0.343. The van der Waals surface area contributed by atoms with Gasteiger partial charge in [0.05, 0.1) is 6.04 Å². The molecule has 0 aromatic carbocycles. The topological polar surface area (TPSA) is 78.8 Å². The molecule has 0 amide bonds. The van der Waals surface area contributed by atoms with Crippen LogP contribution in [0.4, 0.5) is 0 Å². The van der Waals surface area contributed by atoms with Crippen molar-refractivity contribution >= 4 is 13.8 Å². The Morgan fingerprint density at radius 1 is 1.69 bits per heavy atom. The monoisotopic (exact) mass is 189 g/mol. The normalized spacial score (nSPS) is 15.2. The number of carbonyl (C=O) groups is 1. The smallest absolute Gasteiger partial charge is 0.334 e. The fraction of sp³-hybridized carbons (Fsp3) is 0.857. The summed E-state index contributed by atoms with van der Waals surface area (Å²) >= 11 is 0. The van der Waals surface area contributed by atoms with Crippen molar-refractivity contribution < 1.29 is 19.8 Å². The first-order valence-electron chi connectivity index (χ1n) is 4.41. The van der Waals surface area contributed by atoms with Crippen LogP contribution in [0.3, 0.4) is 0 Å². The van der Waals surface area contributed by atoms with Gasteiger partial charge in [0.1, 0.15) is 7.85 Å². The minimum Gasteiger partial charge on any atom is -0.479 e. The first-order chi connectivity index (χ1) is 6.13. The number of carboxylic acids is 1. The molecule has 2 atom stereocenters. The first-order valence-corrected chi connectivity index (χ1v) is 4.41. The molecule has 76 valence electrons. The third-order valence-electron chi connectivity index (χ3n) is 1.61. The fourth-order valence-electron chi connectivity index (χ4n) is 0.955. The SMILES string of the molecule is BCONC(CCC)C(O)C(=O)O. The third kappa shape index (κ3) is 4.87. The second-order valence-corrected chi connectivity index (χ2v) is 2.73. The van der Waals surface area contributed by atoms with Crippen LogP contribution in [0.15, 0.2) is 0 Å². The second kappa shape index (κ2) is 6.88. The van der Waals surface area contributed by atoms with Crippen LogP contribution in [-0.4, -0.2) is 42.7 Å². The molecule has 3 N–H and O–H groups in total. The van der Waals surface area contributed by atoms with Crippen LogP contribution in [0, 0.1) is 0 Å². The predicted molar refractivity (Wildman–Crippen MR) is 50.0 cm³/mol. The molecule has 0 saturated heterocycles. The van der Waals surface area contributed by atoms with Crippen molar-refractivity contribution in [2.45, 2.75) is 31.9 Å². The van der Waals surface area contributed by atoms with Crippen LogP contribution in [0.1, 0.15) is 19.8 Å². The van der Waals surface area contributed by atoms with Crippen molar-refractivity contribution in [1.82, 2.24) is 5.48 Å². The highest BCUT2D eigenvalue weighted by Gasteiger charge is 2.24. The Bertz CT molecular complexity index is 155. The molecule has 0 aliphatic heterocycles. The molecule has 0 radical (unpaired) electrons. The summed E-state index contributed by atoms with van der Waals surface area (Å²) < 4.78 is 0. The van der Waals surface area contributed by atoms with Crippen LogP contribution in [0.2, 0.25) is 0 Å². The van der Waals surface area contributed by atoms with Crippen molar-refractivity contribution in [2.75, 3.05) is 6.51 Å². The number of nitrogens with one attached hydrogen (secondary N) is 1.